The number of rotatable bonds is 7. The molecule has 27 heavy (non-hydrogen) atoms. The summed E-state index contributed by atoms with van der Waals surface area (Å²) in [6.45, 7) is 11.1. The van der Waals surface area contributed by atoms with Gasteiger partial charge in [-0.3, -0.25) is 14.8 Å². The van der Waals surface area contributed by atoms with Crippen LogP contribution in [0.1, 0.15) is 30.9 Å². The molecule has 0 spiro atoms. The molecular weight excluding hydrogens is 338 g/mol. The average Bonchev–Trinajstić information content (AvgIpc) is 3.18. The molecule has 2 fully saturated rings. The molecule has 150 valence electrons. The van der Waals surface area contributed by atoms with Crippen molar-refractivity contribution in [1.29, 1.82) is 0 Å². The van der Waals surface area contributed by atoms with E-state index in [1.54, 1.807) is 0 Å². The zero-order valence-electron chi connectivity index (χ0n) is 16.9. The maximum atomic E-state index is 5.42. The number of ether oxygens (including phenoxy) is 1. The van der Waals surface area contributed by atoms with Crippen LogP contribution in [-0.2, 0) is 17.8 Å². The highest BCUT2D eigenvalue weighted by Crippen LogP contribution is 2.15. The lowest BCUT2D eigenvalue weighted by Crippen LogP contribution is -2.44. The van der Waals surface area contributed by atoms with Gasteiger partial charge in [0.1, 0.15) is 0 Å². The highest BCUT2D eigenvalue weighted by Gasteiger charge is 2.22. The topological polar surface area (TPSA) is 52.1 Å². The SMILES string of the molecule is CCN1CCCC1CNC(=NC)NCc1ccc(CN2CCOCC2)cc1. The second-order valence-electron chi connectivity index (χ2n) is 7.44. The van der Waals surface area contributed by atoms with Gasteiger partial charge in [0, 0.05) is 45.8 Å². The molecule has 1 atom stereocenters. The zero-order chi connectivity index (χ0) is 18.9. The summed E-state index contributed by atoms with van der Waals surface area (Å²) >= 11 is 0. The number of hydrogen-bond acceptors (Lipinski definition) is 4. The first kappa shape index (κ1) is 20.1. The van der Waals surface area contributed by atoms with Crippen molar-refractivity contribution < 1.29 is 4.74 Å². The molecule has 2 aliphatic heterocycles. The van der Waals surface area contributed by atoms with Crippen molar-refractivity contribution in [3.05, 3.63) is 35.4 Å². The standard InChI is InChI=1S/C21H35N5O/c1-3-26-10-4-5-20(26)16-24-21(22-2)23-15-18-6-8-19(9-7-18)17-25-11-13-27-14-12-25/h6-9,20H,3-5,10-17H2,1-2H3,(H2,22,23,24). The number of nitrogens with one attached hydrogen (secondary N) is 2. The highest BCUT2D eigenvalue weighted by molar-refractivity contribution is 5.79. The first-order valence-electron chi connectivity index (χ1n) is 10.3. The van der Waals surface area contributed by atoms with E-state index >= 15 is 0 Å². The van der Waals surface area contributed by atoms with Crippen molar-refractivity contribution in [3.8, 4) is 0 Å². The molecule has 0 bridgehead atoms. The summed E-state index contributed by atoms with van der Waals surface area (Å²) in [6, 6.07) is 9.53. The third kappa shape index (κ3) is 6.19. The molecule has 2 N–H and O–H groups in total. The molecule has 1 unspecified atom stereocenters. The summed E-state index contributed by atoms with van der Waals surface area (Å²) in [6.07, 6.45) is 2.59. The van der Waals surface area contributed by atoms with Crippen LogP contribution in [0.25, 0.3) is 0 Å². The summed E-state index contributed by atoms with van der Waals surface area (Å²) < 4.78 is 5.42. The van der Waals surface area contributed by atoms with Gasteiger partial charge in [-0.25, -0.2) is 0 Å². The number of nitrogens with zero attached hydrogens (tertiary/aromatic N) is 3. The minimum absolute atomic E-state index is 0.632. The van der Waals surface area contributed by atoms with Gasteiger partial charge >= 0.3 is 0 Å². The average molecular weight is 374 g/mol. The molecule has 0 aromatic heterocycles. The van der Waals surface area contributed by atoms with E-state index in [1.165, 1.54) is 30.5 Å². The quantitative estimate of drug-likeness (QED) is 0.562. The predicted octanol–water partition coefficient (Wildman–Crippen LogP) is 1.67. The Kier molecular flexibility index (Phi) is 7.93. The lowest BCUT2D eigenvalue weighted by molar-refractivity contribution is 0.0342. The molecule has 1 aromatic rings. The molecule has 0 aliphatic carbocycles. The summed E-state index contributed by atoms with van der Waals surface area (Å²) in [7, 11) is 1.84. The van der Waals surface area contributed by atoms with Gasteiger partial charge in [-0.2, -0.15) is 0 Å². The number of likely N-dealkylation sites (N-methyl/N-ethyl adjacent to an activating group) is 1. The summed E-state index contributed by atoms with van der Waals surface area (Å²) in [5.41, 5.74) is 2.64. The van der Waals surface area contributed by atoms with E-state index in [4.69, 9.17) is 4.74 Å². The molecule has 6 heteroatoms. The van der Waals surface area contributed by atoms with E-state index in [2.05, 4.69) is 56.6 Å². The number of aliphatic imine (C=N–C) groups is 1. The molecule has 2 heterocycles. The molecule has 0 radical (unpaired) electrons. The van der Waals surface area contributed by atoms with Gasteiger partial charge in [0.2, 0.25) is 0 Å². The Bertz CT molecular complexity index is 583. The normalized spacial score (nSPS) is 22.1. The van der Waals surface area contributed by atoms with Gasteiger partial charge in [0.15, 0.2) is 5.96 Å². The Hall–Kier alpha value is -1.63. The maximum Gasteiger partial charge on any atom is 0.191 e. The van der Waals surface area contributed by atoms with E-state index in [9.17, 15) is 0 Å². The number of guanidine groups is 1. The molecule has 0 saturated carbocycles. The Morgan fingerprint density at radius 2 is 1.85 bits per heavy atom. The van der Waals surface area contributed by atoms with Crippen LogP contribution in [-0.4, -0.2) is 74.8 Å². The van der Waals surface area contributed by atoms with E-state index in [1.807, 2.05) is 7.05 Å². The first-order valence-corrected chi connectivity index (χ1v) is 10.3. The number of benzene rings is 1. The minimum atomic E-state index is 0.632. The Labute approximate surface area is 164 Å². The van der Waals surface area contributed by atoms with Crippen molar-refractivity contribution in [2.24, 2.45) is 4.99 Å². The van der Waals surface area contributed by atoms with Gasteiger partial charge in [-0.15, -0.1) is 0 Å². The summed E-state index contributed by atoms with van der Waals surface area (Å²) in [5.74, 6) is 0.885. The third-order valence-electron chi connectivity index (χ3n) is 5.63. The van der Waals surface area contributed by atoms with E-state index < -0.39 is 0 Å². The van der Waals surface area contributed by atoms with Crippen molar-refractivity contribution >= 4 is 5.96 Å². The minimum Gasteiger partial charge on any atom is -0.379 e. The van der Waals surface area contributed by atoms with Gasteiger partial charge < -0.3 is 15.4 Å². The largest absolute Gasteiger partial charge is 0.379 e. The first-order chi connectivity index (χ1) is 13.3. The van der Waals surface area contributed by atoms with Crippen LogP contribution in [0, 0.1) is 0 Å². The molecule has 2 aliphatic rings. The van der Waals surface area contributed by atoms with Crippen LogP contribution in [0.5, 0.6) is 0 Å². The van der Waals surface area contributed by atoms with Crippen LogP contribution in [0.15, 0.2) is 29.3 Å². The van der Waals surface area contributed by atoms with Crippen LogP contribution in [0.4, 0.5) is 0 Å². The van der Waals surface area contributed by atoms with Crippen LogP contribution >= 0.6 is 0 Å². The lowest BCUT2D eigenvalue weighted by atomic mass is 10.1. The van der Waals surface area contributed by atoms with Crippen molar-refractivity contribution in [1.82, 2.24) is 20.4 Å². The van der Waals surface area contributed by atoms with E-state index in [0.717, 1.165) is 58.4 Å². The fourth-order valence-corrected chi connectivity index (χ4v) is 3.94. The molecular formula is C21H35N5O. The molecule has 2 saturated heterocycles. The molecule has 0 amide bonds. The van der Waals surface area contributed by atoms with Crippen molar-refractivity contribution in [2.45, 2.75) is 38.9 Å². The monoisotopic (exact) mass is 373 g/mol. The lowest BCUT2D eigenvalue weighted by Gasteiger charge is -2.26. The predicted molar refractivity (Wildman–Crippen MR) is 111 cm³/mol. The van der Waals surface area contributed by atoms with Crippen molar-refractivity contribution in [3.63, 3.8) is 0 Å². The van der Waals surface area contributed by atoms with Gasteiger partial charge in [0.25, 0.3) is 0 Å². The van der Waals surface area contributed by atoms with Gasteiger partial charge in [-0.1, -0.05) is 31.2 Å². The van der Waals surface area contributed by atoms with E-state index in [-0.39, 0.29) is 0 Å². The molecule has 6 nitrogen and oxygen atoms in total. The molecule has 3 rings (SSSR count). The summed E-state index contributed by atoms with van der Waals surface area (Å²) in [4.78, 5) is 9.37. The fraction of sp³-hybridized carbons (Fsp3) is 0.667. The van der Waals surface area contributed by atoms with Crippen LogP contribution in [0.3, 0.4) is 0 Å². The second kappa shape index (κ2) is 10.6. The van der Waals surface area contributed by atoms with Crippen LogP contribution in [0.2, 0.25) is 0 Å². The fourth-order valence-electron chi connectivity index (χ4n) is 3.94. The van der Waals surface area contributed by atoms with Gasteiger partial charge in [-0.05, 0) is 37.1 Å². The van der Waals surface area contributed by atoms with E-state index in [0.29, 0.717) is 6.04 Å². The maximum absolute atomic E-state index is 5.42. The Morgan fingerprint density at radius 1 is 1.11 bits per heavy atom. The highest BCUT2D eigenvalue weighted by atomic mass is 16.5. The number of likely N-dealkylation sites (tertiary alicyclic amines) is 1. The third-order valence-corrected chi connectivity index (χ3v) is 5.63. The number of morpholine rings is 1. The zero-order valence-corrected chi connectivity index (χ0v) is 16.9. The van der Waals surface area contributed by atoms with Gasteiger partial charge in [0.05, 0.1) is 13.2 Å². The Morgan fingerprint density at radius 3 is 2.56 bits per heavy atom. The van der Waals surface area contributed by atoms with Crippen molar-refractivity contribution in [2.75, 3.05) is 53.0 Å². The van der Waals surface area contributed by atoms with Crippen LogP contribution < -0.4 is 10.6 Å². The number of hydrogen-bond donors (Lipinski definition) is 2. The molecule has 1 aromatic carbocycles. The Balaban J connectivity index is 1.41. The summed E-state index contributed by atoms with van der Waals surface area (Å²) in [5, 5.41) is 6.93. The second-order valence-corrected chi connectivity index (χ2v) is 7.44. The smallest absolute Gasteiger partial charge is 0.191 e.